The van der Waals surface area contributed by atoms with Crippen molar-refractivity contribution in [2.75, 3.05) is 24.8 Å². The lowest BCUT2D eigenvalue weighted by molar-refractivity contribution is -0.890. The molecule has 0 aromatic heterocycles. The van der Waals surface area contributed by atoms with Gasteiger partial charge in [-0.2, -0.15) is 0 Å². The van der Waals surface area contributed by atoms with E-state index in [0.717, 1.165) is 0 Å². The molecule has 86 valence electrons. The Balaban J connectivity index is 0. The van der Waals surface area contributed by atoms with Gasteiger partial charge >= 0.3 is 5.97 Å². The number of carboxylic acid groups (broad SMARTS) is 1. The maximum atomic E-state index is 11.8. The van der Waals surface area contributed by atoms with E-state index in [1.165, 1.54) is 6.92 Å². The second-order valence-electron chi connectivity index (χ2n) is 2.79. The molecule has 0 rings (SSSR count). The van der Waals surface area contributed by atoms with Gasteiger partial charge in [0.25, 0.3) is 0 Å². The molecular weight excluding hydrogens is 252 g/mol. The van der Waals surface area contributed by atoms with Gasteiger partial charge in [-0.1, -0.05) is 0 Å². The number of alkyl halides is 2. The number of carboxylic acids is 1. The van der Waals surface area contributed by atoms with E-state index < -0.39 is 16.7 Å². The molecule has 14 heavy (non-hydrogen) atoms. The van der Waals surface area contributed by atoms with Gasteiger partial charge in [0.2, 0.25) is 0 Å². The molecule has 0 aliphatic heterocycles. The van der Waals surface area contributed by atoms with Gasteiger partial charge in [0.05, 0.1) is 24.8 Å². The minimum Gasteiger partial charge on any atom is -0.632 e. The SMILES string of the molecule is C[C@@H](C(=O)O)[N+]([O-])(CCCl)CCCl.Cl. The van der Waals surface area contributed by atoms with Gasteiger partial charge in [0.15, 0.2) is 6.04 Å². The Labute approximate surface area is 99.4 Å². The lowest BCUT2D eigenvalue weighted by atomic mass is 10.2. The van der Waals surface area contributed by atoms with Crippen molar-refractivity contribution in [3.63, 3.8) is 0 Å². The molecule has 1 N–H and O–H groups in total. The normalized spacial score (nSPS) is 13.1. The topological polar surface area (TPSA) is 60.4 Å². The van der Waals surface area contributed by atoms with E-state index in [-0.39, 0.29) is 37.3 Å². The monoisotopic (exact) mass is 265 g/mol. The van der Waals surface area contributed by atoms with E-state index in [1.807, 2.05) is 0 Å². The van der Waals surface area contributed by atoms with Crippen LogP contribution in [-0.2, 0) is 4.79 Å². The molecule has 0 amide bonds. The summed E-state index contributed by atoms with van der Waals surface area (Å²) in [5.74, 6) is -0.846. The first-order valence-electron chi connectivity index (χ1n) is 3.90. The van der Waals surface area contributed by atoms with Crippen molar-refractivity contribution in [3.05, 3.63) is 5.21 Å². The smallest absolute Gasteiger partial charge is 0.362 e. The van der Waals surface area contributed by atoms with Crippen LogP contribution in [-0.4, -0.2) is 46.6 Å². The first kappa shape index (κ1) is 16.7. The van der Waals surface area contributed by atoms with Gasteiger partial charge < -0.3 is 15.0 Å². The molecule has 1 atom stereocenters. The number of aliphatic carboxylic acids is 1. The van der Waals surface area contributed by atoms with Crippen LogP contribution in [0.1, 0.15) is 6.92 Å². The average molecular weight is 267 g/mol. The zero-order chi connectivity index (χ0) is 10.5. The highest BCUT2D eigenvalue weighted by atomic mass is 35.5. The van der Waals surface area contributed by atoms with Crippen molar-refractivity contribution in [2.45, 2.75) is 13.0 Å². The quantitative estimate of drug-likeness (QED) is 0.452. The summed E-state index contributed by atoms with van der Waals surface area (Å²) >= 11 is 10.8. The van der Waals surface area contributed by atoms with Crippen LogP contribution in [0, 0.1) is 5.21 Å². The molecule has 0 saturated heterocycles. The number of halogens is 3. The molecule has 0 aliphatic carbocycles. The third-order valence-electron chi connectivity index (χ3n) is 1.99. The molecule has 0 spiro atoms. The largest absolute Gasteiger partial charge is 0.632 e. The van der Waals surface area contributed by atoms with E-state index in [4.69, 9.17) is 28.3 Å². The van der Waals surface area contributed by atoms with Crippen molar-refractivity contribution in [1.29, 1.82) is 0 Å². The molecule has 0 heterocycles. The van der Waals surface area contributed by atoms with Crippen LogP contribution in [0.3, 0.4) is 0 Å². The van der Waals surface area contributed by atoms with Crippen molar-refractivity contribution in [3.8, 4) is 0 Å². The average Bonchev–Trinajstić information content (AvgIpc) is 2.03. The number of hydroxylamine groups is 3. The Kier molecular flexibility index (Phi) is 8.98. The van der Waals surface area contributed by atoms with Gasteiger partial charge in [-0.15, -0.1) is 35.6 Å². The van der Waals surface area contributed by atoms with Crippen LogP contribution >= 0.6 is 35.6 Å². The predicted octanol–water partition coefficient (Wildman–Crippen LogP) is 1.67. The summed E-state index contributed by atoms with van der Waals surface area (Å²) in [6.45, 7) is 1.51. The molecule has 4 nitrogen and oxygen atoms in total. The predicted molar refractivity (Wildman–Crippen MR) is 59.1 cm³/mol. The van der Waals surface area contributed by atoms with E-state index in [9.17, 15) is 10.0 Å². The van der Waals surface area contributed by atoms with Gasteiger partial charge in [0, 0.05) is 0 Å². The summed E-state index contributed by atoms with van der Waals surface area (Å²) in [4.78, 5) is 10.6. The van der Waals surface area contributed by atoms with Crippen LogP contribution in [0.2, 0.25) is 0 Å². The second-order valence-corrected chi connectivity index (χ2v) is 3.55. The molecular formula is C7H14Cl3NO3. The number of rotatable bonds is 6. The number of carbonyl (C=O) groups is 1. The van der Waals surface area contributed by atoms with Crippen LogP contribution < -0.4 is 0 Å². The van der Waals surface area contributed by atoms with E-state index in [0.29, 0.717) is 0 Å². The van der Waals surface area contributed by atoms with Crippen molar-refractivity contribution < 1.29 is 14.5 Å². The van der Waals surface area contributed by atoms with E-state index >= 15 is 0 Å². The lowest BCUT2D eigenvalue weighted by Gasteiger charge is -2.44. The Hall–Kier alpha value is 0.260. The van der Waals surface area contributed by atoms with Gasteiger partial charge in [-0.3, -0.25) is 0 Å². The first-order valence-corrected chi connectivity index (χ1v) is 4.97. The maximum Gasteiger partial charge on any atom is 0.362 e. The van der Waals surface area contributed by atoms with Gasteiger partial charge in [-0.05, 0) is 6.92 Å². The first-order chi connectivity index (χ1) is 5.98. The molecule has 0 bridgehead atoms. The van der Waals surface area contributed by atoms with Crippen molar-refractivity contribution in [1.82, 2.24) is 0 Å². The van der Waals surface area contributed by atoms with Crippen LogP contribution in [0.5, 0.6) is 0 Å². The summed E-state index contributed by atoms with van der Waals surface area (Å²) in [6.07, 6.45) is 0. The standard InChI is InChI=1S/C7H13Cl2NO3.ClH/c1-6(7(11)12)10(13,4-2-8)5-3-9;/h6H,2-5H2,1H3,(H,11,12);1H/t6-;/m0./s1. The zero-order valence-corrected chi connectivity index (χ0v) is 10.1. The summed E-state index contributed by atoms with van der Waals surface area (Å²) in [7, 11) is 0. The Morgan fingerprint density at radius 2 is 1.79 bits per heavy atom. The molecule has 0 radical (unpaired) electrons. The van der Waals surface area contributed by atoms with Gasteiger partial charge in [-0.25, -0.2) is 4.79 Å². The number of nitrogens with zero attached hydrogens (tertiary/aromatic N) is 1. The van der Waals surface area contributed by atoms with E-state index in [2.05, 4.69) is 0 Å². The fourth-order valence-electron chi connectivity index (χ4n) is 0.986. The molecule has 7 heteroatoms. The highest BCUT2D eigenvalue weighted by molar-refractivity contribution is 6.18. The molecule has 0 aromatic carbocycles. The number of hydrogen-bond acceptors (Lipinski definition) is 2. The Morgan fingerprint density at radius 3 is 2.00 bits per heavy atom. The zero-order valence-electron chi connectivity index (χ0n) is 7.78. The highest BCUT2D eigenvalue weighted by Crippen LogP contribution is 2.12. The minimum atomic E-state index is -1.12. The molecule has 0 aromatic rings. The van der Waals surface area contributed by atoms with Crippen LogP contribution in [0.15, 0.2) is 0 Å². The summed E-state index contributed by atoms with van der Waals surface area (Å²) in [6, 6.07) is -1.02. The molecule has 0 saturated carbocycles. The van der Waals surface area contributed by atoms with E-state index in [1.54, 1.807) is 0 Å². The summed E-state index contributed by atoms with van der Waals surface area (Å²) in [5, 5.41) is 20.5. The Bertz CT molecular complexity index is 174. The lowest BCUT2D eigenvalue weighted by Crippen LogP contribution is -2.55. The number of hydrogen-bond donors (Lipinski definition) is 1. The summed E-state index contributed by atoms with van der Waals surface area (Å²) in [5.41, 5.74) is 0. The fourth-order valence-corrected chi connectivity index (χ4v) is 1.56. The highest BCUT2D eigenvalue weighted by Gasteiger charge is 2.29. The molecule has 0 unspecified atom stereocenters. The van der Waals surface area contributed by atoms with Gasteiger partial charge in [0.1, 0.15) is 0 Å². The molecule has 0 aliphatic rings. The number of quaternary nitrogens is 1. The maximum absolute atomic E-state index is 11.8. The fraction of sp³-hybridized carbons (Fsp3) is 0.857. The minimum absolute atomic E-state index is 0. The van der Waals surface area contributed by atoms with Crippen molar-refractivity contribution in [2.24, 2.45) is 0 Å². The van der Waals surface area contributed by atoms with Crippen molar-refractivity contribution >= 4 is 41.6 Å². The third kappa shape index (κ3) is 4.66. The molecule has 0 fully saturated rings. The second kappa shape index (κ2) is 7.54. The Morgan fingerprint density at radius 1 is 1.43 bits per heavy atom. The third-order valence-corrected chi connectivity index (χ3v) is 2.33. The van der Waals surface area contributed by atoms with Crippen LogP contribution in [0.4, 0.5) is 0 Å². The van der Waals surface area contributed by atoms with Crippen LogP contribution in [0.25, 0.3) is 0 Å². The summed E-state index contributed by atoms with van der Waals surface area (Å²) < 4.78 is -0.859.